The van der Waals surface area contributed by atoms with Gasteiger partial charge in [-0.3, -0.25) is 9.59 Å². The zero-order chi connectivity index (χ0) is 9.02. The lowest BCUT2D eigenvalue weighted by molar-refractivity contribution is -0.112. The summed E-state index contributed by atoms with van der Waals surface area (Å²) in [5.74, 6) is 0. The first-order chi connectivity index (χ1) is 4.95. The van der Waals surface area contributed by atoms with Crippen LogP contribution in [-0.4, -0.2) is 28.4 Å². The molecule has 0 saturated heterocycles. The molecule has 0 aliphatic carbocycles. The van der Waals surface area contributed by atoms with Gasteiger partial charge in [0.2, 0.25) is 9.39 Å². The summed E-state index contributed by atoms with van der Waals surface area (Å²) >= 11 is 5.37. The molecule has 0 spiro atoms. The van der Waals surface area contributed by atoms with Crippen molar-refractivity contribution in [2.45, 2.75) is 0 Å². The maximum Gasteiger partial charge on any atom is 0.233 e. The van der Waals surface area contributed by atoms with Crippen molar-refractivity contribution in [1.82, 2.24) is 4.90 Å². The predicted molar refractivity (Wildman–Crippen MR) is 49.6 cm³/mol. The number of hydrogen-bond acceptors (Lipinski definition) is 3. The molecule has 0 heterocycles. The Balaban J connectivity index is 4.60. The van der Waals surface area contributed by atoms with Gasteiger partial charge < -0.3 is 4.90 Å². The summed E-state index contributed by atoms with van der Waals surface area (Å²) in [7, 11) is 3.46. The molecule has 0 saturated carbocycles. The molecule has 0 aliphatic heterocycles. The topological polar surface area (TPSA) is 37.4 Å². The van der Waals surface area contributed by atoms with E-state index in [-0.39, 0.29) is 5.57 Å². The number of halogens is 2. The summed E-state index contributed by atoms with van der Waals surface area (Å²) in [5, 5.41) is 0. The van der Waals surface area contributed by atoms with E-state index >= 15 is 0 Å². The molecule has 62 valence electrons. The first kappa shape index (κ1) is 10.8. The molecule has 0 rings (SSSR count). The summed E-state index contributed by atoms with van der Waals surface area (Å²) in [5.41, 5.74) is 0.0787. The van der Waals surface area contributed by atoms with Gasteiger partial charge in [-0.05, 0) is 31.9 Å². The molecule has 0 fully saturated rings. The highest BCUT2D eigenvalue weighted by molar-refractivity contribution is 9.19. The quantitative estimate of drug-likeness (QED) is 0.339. The van der Waals surface area contributed by atoms with Crippen LogP contribution in [0.3, 0.4) is 0 Å². The molecule has 0 amide bonds. The normalized spacial score (nSPS) is 8.73. The Bertz CT molecular complexity index is 195. The SMILES string of the molecule is CN(C)C=C(C(=O)Br)C(=O)Br. The Morgan fingerprint density at radius 2 is 1.55 bits per heavy atom. The molecule has 0 unspecified atom stereocenters. The smallest absolute Gasteiger partial charge is 0.233 e. The Labute approximate surface area is 81.7 Å². The van der Waals surface area contributed by atoms with Crippen LogP contribution in [-0.2, 0) is 9.59 Å². The lowest BCUT2D eigenvalue weighted by Gasteiger charge is -2.05. The minimum absolute atomic E-state index is 0.0787. The molecular weight excluding hydrogens is 278 g/mol. The van der Waals surface area contributed by atoms with Gasteiger partial charge in [0.15, 0.2) is 0 Å². The lowest BCUT2D eigenvalue weighted by atomic mass is 10.3. The second kappa shape index (κ2) is 4.66. The van der Waals surface area contributed by atoms with Gasteiger partial charge in [-0.15, -0.1) is 0 Å². The maximum absolute atomic E-state index is 10.7. The van der Waals surface area contributed by atoms with Crippen LogP contribution in [0.15, 0.2) is 11.8 Å². The van der Waals surface area contributed by atoms with Crippen molar-refractivity contribution in [2.24, 2.45) is 0 Å². The highest BCUT2D eigenvalue weighted by Crippen LogP contribution is 2.08. The third-order valence-electron chi connectivity index (χ3n) is 0.811. The zero-order valence-corrected chi connectivity index (χ0v) is 9.27. The highest BCUT2D eigenvalue weighted by Gasteiger charge is 2.12. The third kappa shape index (κ3) is 4.31. The number of rotatable bonds is 3. The standard InChI is InChI=1S/C6H7Br2NO2/c1-9(2)3-4(5(7)10)6(8)11/h3H,1-2H3. The fourth-order valence-electron chi connectivity index (χ4n) is 0.437. The van der Waals surface area contributed by atoms with Crippen molar-refractivity contribution in [2.75, 3.05) is 14.1 Å². The Morgan fingerprint density at radius 3 is 1.64 bits per heavy atom. The summed E-state index contributed by atoms with van der Waals surface area (Å²) in [6.45, 7) is 0. The van der Waals surface area contributed by atoms with Crippen LogP contribution in [0.1, 0.15) is 0 Å². The van der Waals surface area contributed by atoms with Gasteiger partial charge in [0.05, 0.1) is 5.57 Å². The van der Waals surface area contributed by atoms with Gasteiger partial charge in [0.25, 0.3) is 0 Å². The first-order valence-electron chi connectivity index (χ1n) is 2.73. The number of carbonyl (C=O) groups is 2. The highest BCUT2D eigenvalue weighted by atomic mass is 79.9. The van der Waals surface area contributed by atoms with Crippen LogP contribution in [0.4, 0.5) is 0 Å². The van der Waals surface area contributed by atoms with E-state index in [1.54, 1.807) is 19.0 Å². The van der Waals surface area contributed by atoms with Gasteiger partial charge in [0.1, 0.15) is 0 Å². The van der Waals surface area contributed by atoms with E-state index in [4.69, 9.17) is 0 Å². The molecule has 0 aliphatic rings. The predicted octanol–water partition coefficient (Wildman–Crippen LogP) is 1.27. The van der Waals surface area contributed by atoms with Crippen LogP contribution in [0.25, 0.3) is 0 Å². The summed E-state index contributed by atoms with van der Waals surface area (Å²) in [4.78, 5) is 23.0. The minimum Gasteiger partial charge on any atom is -0.383 e. The number of hydrogen-bond donors (Lipinski definition) is 0. The molecule has 3 nitrogen and oxygen atoms in total. The van der Waals surface area contributed by atoms with E-state index in [0.717, 1.165) is 0 Å². The van der Waals surface area contributed by atoms with E-state index in [1.807, 2.05) is 0 Å². The van der Waals surface area contributed by atoms with Gasteiger partial charge in [-0.2, -0.15) is 0 Å². The van der Waals surface area contributed by atoms with Crippen LogP contribution in [0.5, 0.6) is 0 Å². The van der Waals surface area contributed by atoms with Crippen molar-refractivity contribution in [3.63, 3.8) is 0 Å². The maximum atomic E-state index is 10.7. The number of carbonyl (C=O) groups excluding carboxylic acids is 2. The first-order valence-corrected chi connectivity index (χ1v) is 4.31. The summed E-state index contributed by atoms with van der Waals surface area (Å²) in [6.07, 6.45) is 1.44. The van der Waals surface area contributed by atoms with E-state index in [9.17, 15) is 9.59 Å². The van der Waals surface area contributed by atoms with Crippen LogP contribution < -0.4 is 0 Å². The second-order valence-corrected chi connectivity index (χ2v) is 3.49. The average molecular weight is 285 g/mol. The summed E-state index contributed by atoms with van der Waals surface area (Å²) in [6, 6.07) is 0. The molecule has 0 bridgehead atoms. The minimum atomic E-state index is -0.423. The molecular formula is C6H7Br2NO2. The van der Waals surface area contributed by atoms with Gasteiger partial charge in [0, 0.05) is 20.3 Å². The van der Waals surface area contributed by atoms with Gasteiger partial charge >= 0.3 is 0 Å². The second-order valence-electron chi connectivity index (χ2n) is 2.05. The Hall–Kier alpha value is -0.160. The number of nitrogens with zero attached hydrogens (tertiary/aromatic N) is 1. The number of allylic oxidation sites excluding steroid dienone is 1. The van der Waals surface area contributed by atoms with E-state index in [2.05, 4.69) is 31.9 Å². The Morgan fingerprint density at radius 1 is 1.18 bits per heavy atom. The monoisotopic (exact) mass is 283 g/mol. The molecule has 0 N–H and O–H groups in total. The van der Waals surface area contributed by atoms with Crippen LogP contribution in [0, 0.1) is 0 Å². The van der Waals surface area contributed by atoms with Gasteiger partial charge in [-0.25, -0.2) is 0 Å². The molecule has 5 heteroatoms. The van der Waals surface area contributed by atoms with E-state index in [0.29, 0.717) is 0 Å². The van der Waals surface area contributed by atoms with Crippen molar-refractivity contribution in [3.8, 4) is 0 Å². The van der Waals surface area contributed by atoms with Crippen molar-refractivity contribution < 1.29 is 9.59 Å². The molecule has 0 aromatic carbocycles. The van der Waals surface area contributed by atoms with Crippen molar-refractivity contribution in [3.05, 3.63) is 11.8 Å². The molecule has 0 atom stereocenters. The zero-order valence-electron chi connectivity index (χ0n) is 6.10. The largest absolute Gasteiger partial charge is 0.383 e. The summed E-state index contributed by atoms with van der Waals surface area (Å²) < 4.78 is -0.846. The van der Waals surface area contributed by atoms with Crippen molar-refractivity contribution in [1.29, 1.82) is 0 Å². The molecule has 0 aromatic heterocycles. The molecule has 11 heavy (non-hydrogen) atoms. The third-order valence-corrected chi connectivity index (χ3v) is 1.67. The van der Waals surface area contributed by atoms with Crippen molar-refractivity contribution >= 4 is 41.2 Å². The molecule has 0 radical (unpaired) electrons. The fourth-order valence-corrected chi connectivity index (χ4v) is 1.27. The fraction of sp³-hybridized carbons (Fsp3) is 0.333. The van der Waals surface area contributed by atoms with Crippen LogP contribution >= 0.6 is 31.9 Å². The van der Waals surface area contributed by atoms with Gasteiger partial charge in [-0.1, -0.05) is 0 Å². The lowest BCUT2D eigenvalue weighted by Crippen LogP contribution is -2.09. The van der Waals surface area contributed by atoms with E-state index in [1.165, 1.54) is 6.20 Å². The average Bonchev–Trinajstić information content (AvgIpc) is 1.81. The Kier molecular flexibility index (Phi) is 4.60. The molecule has 0 aromatic rings. The van der Waals surface area contributed by atoms with E-state index < -0.39 is 9.39 Å². The van der Waals surface area contributed by atoms with Crippen LogP contribution in [0.2, 0.25) is 0 Å².